The molecule has 2 rings (SSSR count). The first-order chi connectivity index (χ1) is 12.7. The molecule has 5 nitrogen and oxygen atoms in total. The van der Waals surface area contributed by atoms with Crippen molar-refractivity contribution in [2.45, 2.75) is 51.0 Å². The zero-order valence-electron chi connectivity index (χ0n) is 15.8. The van der Waals surface area contributed by atoms with E-state index in [0.717, 1.165) is 19.3 Å². The van der Waals surface area contributed by atoms with Crippen LogP contribution in [-0.4, -0.2) is 20.4 Å². The van der Waals surface area contributed by atoms with E-state index in [9.17, 15) is 13.2 Å². The number of amides is 1. The van der Waals surface area contributed by atoms with Crippen molar-refractivity contribution in [3.05, 3.63) is 58.6 Å². The lowest BCUT2D eigenvalue weighted by atomic mass is 10.1. The number of aryl methyl sites for hydroxylation is 1. The van der Waals surface area contributed by atoms with Crippen molar-refractivity contribution < 1.29 is 13.2 Å². The monoisotopic (exact) mass is 408 g/mol. The first-order valence-electron chi connectivity index (χ1n) is 8.95. The Kier molecular flexibility index (Phi) is 7.41. The Morgan fingerprint density at radius 1 is 1.11 bits per heavy atom. The van der Waals surface area contributed by atoms with E-state index in [1.165, 1.54) is 23.8 Å². The third kappa shape index (κ3) is 6.06. The maximum atomic E-state index is 12.6. The number of benzene rings is 2. The minimum atomic E-state index is -3.71. The van der Waals surface area contributed by atoms with Crippen molar-refractivity contribution in [1.29, 1.82) is 0 Å². The van der Waals surface area contributed by atoms with Crippen molar-refractivity contribution in [3.8, 4) is 0 Å². The molecular formula is C20H25ClN2O3S. The number of anilines is 1. The summed E-state index contributed by atoms with van der Waals surface area (Å²) in [7, 11) is -3.71. The largest absolute Gasteiger partial charge is 0.322 e. The highest BCUT2D eigenvalue weighted by Crippen LogP contribution is 2.22. The number of carbonyl (C=O) groups is 1. The Labute approximate surface area is 166 Å². The van der Waals surface area contributed by atoms with E-state index in [2.05, 4.69) is 17.0 Å². The number of unbranched alkanes of at least 4 members (excludes halogenated alkanes) is 1. The van der Waals surface area contributed by atoms with Gasteiger partial charge in [0, 0.05) is 11.7 Å². The van der Waals surface area contributed by atoms with Gasteiger partial charge in [0.2, 0.25) is 10.0 Å². The van der Waals surface area contributed by atoms with Crippen LogP contribution in [0.1, 0.15) is 49.5 Å². The van der Waals surface area contributed by atoms with Gasteiger partial charge in [0.25, 0.3) is 5.91 Å². The molecular weight excluding hydrogens is 384 g/mol. The third-order valence-corrected chi connectivity index (χ3v) is 5.90. The van der Waals surface area contributed by atoms with Gasteiger partial charge < -0.3 is 5.32 Å². The Balaban J connectivity index is 2.19. The van der Waals surface area contributed by atoms with Crippen LogP contribution in [0.15, 0.2) is 47.4 Å². The average molecular weight is 409 g/mol. The van der Waals surface area contributed by atoms with Gasteiger partial charge in [-0.1, -0.05) is 37.1 Å². The first-order valence-corrected chi connectivity index (χ1v) is 10.8. The molecule has 0 fully saturated rings. The van der Waals surface area contributed by atoms with Gasteiger partial charge in [-0.3, -0.25) is 4.79 Å². The Morgan fingerprint density at radius 2 is 1.78 bits per heavy atom. The maximum Gasteiger partial charge on any atom is 0.257 e. The molecule has 2 aromatic carbocycles. The van der Waals surface area contributed by atoms with Crippen LogP contribution in [0.25, 0.3) is 0 Å². The van der Waals surface area contributed by atoms with Crippen LogP contribution >= 0.6 is 11.6 Å². The second-order valence-electron chi connectivity index (χ2n) is 6.67. The Hall–Kier alpha value is -1.89. The van der Waals surface area contributed by atoms with E-state index < -0.39 is 15.9 Å². The van der Waals surface area contributed by atoms with Crippen molar-refractivity contribution in [3.63, 3.8) is 0 Å². The van der Waals surface area contributed by atoms with Gasteiger partial charge in [-0.2, -0.15) is 0 Å². The zero-order chi connectivity index (χ0) is 20.0. The van der Waals surface area contributed by atoms with E-state index in [-0.39, 0.29) is 21.5 Å². The number of nitrogens with one attached hydrogen (secondary N) is 2. The quantitative estimate of drug-likeness (QED) is 0.669. The molecule has 0 aliphatic carbocycles. The fraction of sp³-hybridized carbons (Fsp3) is 0.350. The molecule has 1 amide bonds. The molecule has 7 heteroatoms. The van der Waals surface area contributed by atoms with Crippen LogP contribution in [-0.2, 0) is 16.4 Å². The molecule has 146 valence electrons. The van der Waals surface area contributed by atoms with Crippen LogP contribution < -0.4 is 10.0 Å². The summed E-state index contributed by atoms with van der Waals surface area (Å²) >= 11 is 6.12. The SMILES string of the molecule is CCCCc1ccc(NC(=O)c2cc(S(=O)(=O)NC(C)C)ccc2Cl)cc1. The normalized spacial score (nSPS) is 11.6. The number of sulfonamides is 1. The molecule has 0 aliphatic heterocycles. The summed E-state index contributed by atoms with van der Waals surface area (Å²) in [5.41, 5.74) is 1.95. The van der Waals surface area contributed by atoms with E-state index in [1.807, 2.05) is 24.3 Å². The number of hydrogen-bond donors (Lipinski definition) is 2. The van der Waals surface area contributed by atoms with Gasteiger partial charge in [0.15, 0.2) is 0 Å². The molecule has 27 heavy (non-hydrogen) atoms. The molecule has 0 bridgehead atoms. The summed E-state index contributed by atoms with van der Waals surface area (Å²) in [5, 5.41) is 2.95. The van der Waals surface area contributed by atoms with Crippen LogP contribution in [0.4, 0.5) is 5.69 Å². The highest BCUT2D eigenvalue weighted by molar-refractivity contribution is 7.89. The summed E-state index contributed by atoms with van der Waals surface area (Å²) in [6.07, 6.45) is 3.24. The van der Waals surface area contributed by atoms with Gasteiger partial charge in [0.05, 0.1) is 15.5 Å². The maximum absolute atomic E-state index is 12.6. The van der Waals surface area contributed by atoms with Crippen molar-refractivity contribution in [1.82, 2.24) is 4.72 Å². The fourth-order valence-electron chi connectivity index (χ4n) is 2.56. The van der Waals surface area contributed by atoms with Gasteiger partial charge in [-0.05, 0) is 62.6 Å². The van der Waals surface area contributed by atoms with E-state index in [1.54, 1.807) is 13.8 Å². The van der Waals surface area contributed by atoms with Crippen LogP contribution in [0.2, 0.25) is 5.02 Å². The third-order valence-electron chi connectivity index (χ3n) is 3.91. The van der Waals surface area contributed by atoms with E-state index in [4.69, 9.17) is 11.6 Å². The molecule has 0 heterocycles. The smallest absolute Gasteiger partial charge is 0.257 e. The van der Waals surface area contributed by atoms with Crippen LogP contribution in [0.5, 0.6) is 0 Å². The highest BCUT2D eigenvalue weighted by Gasteiger charge is 2.19. The van der Waals surface area contributed by atoms with E-state index in [0.29, 0.717) is 5.69 Å². The van der Waals surface area contributed by atoms with Gasteiger partial charge in [-0.25, -0.2) is 13.1 Å². The van der Waals surface area contributed by atoms with Gasteiger partial charge in [0.1, 0.15) is 0 Å². The Morgan fingerprint density at radius 3 is 2.37 bits per heavy atom. The Bertz CT molecular complexity index is 894. The summed E-state index contributed by atoms with van der Waals surface area (Å²) in [6.45, 7) is 5.60. The minimum absolute atomic E-state index is 0.000614. The van der Waals surface area contributed by atoms with Crippen LogP contribution in [0, 0.1) is 0 Å². The lowest BCUT2D eigenvalue weighted by Crippen LogP contribution is -2.30. The molecule has 0 saturated carbocycles. The molecule has 0 aromatic heterocycles. The fourth-order valence-corrected chi connectivity index (χ4v) is 4.04. The predicted octanol–water partition coefficient (Wildman–Crippen LogP) is 4.62. The van der Waals surface area contributed by atoms with Crippen molar-refractivity contribution in [2.24, 2.45) is 0 Å². The average Bonchev–Trinajstić information content (AvgIpc) is 2.60. The molecule has 2 N–H and O–H groups in total. The molecule has 0 spiro atoms. The summed E-state index contributed by atoms with van der Waals surface area (Å²) in [5.74, 6) is -0.456. The number of hydrogen-bond acceptors (Lipinski definition) is 3. The number of halogens is 1. The summed E-state index contributed by atoms with van der Waals surface area (Å²) in [6, 6.07) is 11.4. The lowest BCUT2D eigenvalue weighted by molar-refractivity contribution is 0.102. The second-order valence-corrected chi connectivity index (χ2v) is 8.79. The summed E-state index contributed by atoms with van der Waals surface area (Å²) < 4.78 is 27.1. The topological polar surface area (TPSA) is 75.3 Å². The molecule has 2 aromatic rings. The molecule has 0 aliphatic rings. The zero-order valence-corrected chi connectivity index (χ0v) is 17.3. The number of carbonyl (C=O) groups excluding carboxylic acids is 1. The van der Waals surface area contributed by atoms with Gasteiger partial charge >= 0.3 is 0 Å². The minimum Gasteiger partial charge on any atom is -0.322 e. The molecule has 0 radical (unpaired) electrons. The van der Waals surface area contributed by atoms with Crippen molar-refractivity contribution in [2.75, 3.05) is 5.32 Å². The first kappa shape index (κ1) is 21.4. The second kappa shape index (κ2) is 9.35. The standard InChI is InChI=1S/C20H25ClN2O3S/c1-4-5-6-15-7-9-16(10-8-15)22-20(24)18-13-17(11-12-19(18)21)27(25,26)23-14(2)3/h7-14,23H,4-6H2,1-3H3,(H,22,24). The molecule has 0 atom stereocenters. The number of rotatable bonds is 8. The predicted molar refractivity (Wildman–Crippen MR) is 110 cm³/mol. The highest BCUT2D eigenvalue weighted by atomic mass is 35.5. The van der Waals surface area contributed by atoms with Gasteiger partial charge in [-0.15, -0.1) is 0 Å². The lowest BCUT2D eigenvalue weighted by Gasteiger charge is -2.12. The van der Waals surface area contributed by atoms with Crippen LogP contribution in [0.3, 0.4) is 0 Å². The van der Waals surface area contributed by atoms with Crippen molar-refractivity contribution >= 4 is 33.2 Å². The summed E-state index contributed by atoms with van der Waals surface area (Å²) in [4.78, 5) is 12.6. The molecule has 0 saturated heterocycles. The molecule has 0 unspecified atom stereocenters. The van der Waals surface area contributed by atoms with E-state index >= 15 is 0 Å².